The molecule has 0 bridgehead atoms. The molecular formula is C9H13F3N6O2. The van der Waals surface area contributed by atoms with Gasteiger partial charge >= 0.3 is 6.18 Å². The first kappa shape index (κ1) is 15.9. The van der Waals surface area contributed by atoms with Crippen molar-refractivity contribution in [1.29, 1.82) is 0 Å². The average molecular weight is 294 g/mol. The van der Waals surface area contributed by atoms with Crippen LogP contribution in [0.15, 0.2) is 6.20 Å². The number of nitrogens with one attached hydrogen (secondary N) is 2. The van der Waals surface area contributed by atoms with Gasteiger partial charge in [-0.1, -0.05) is 5.21 Å². The summed E-state index contributed by atoms with van der Waals surface area (Å²) in [4.78, 5) is 22.1. The normalized spacial score (nSPS) is 11.2. The second-order valence-corrected chi connectivity index (χ2v) is 3.78. The van der Waals surface area contributed by atoms with Crippen LogP contribution in [0.3, 0.4) is 0 Å². The van der Waals surface area contributed by atoms with E-state index >= 15 is 0 Å². The van der Waals surface area contributed by atoms with Crippen LogP contribution in [0, 0.1) is 0 Å². The van der Waals surface area contributed by atoms with Crippen LogP contribution in [0.2, 0.25) is 0 Å². The Hall–Kier alpha value is -2.17. The van der Waals surface area contributed by atoms with Crippen molar-refractivity contribution in [3.05, 3.63) is 11.9 Å². The van der Waals surface area contributed by atoms with Crippen molar-refractivity contribution in [2.75, 3.05) is 13.1 Å². The predicted octanol–water partition coefficient (Wildman–Crippen LogP) is -1.47. The molecular weight excluding hydrogens is 281 g/mol. The zero-order valence-corrected chi connectivity index (χ0v) is 10.3. The number of aromatic nitrogens is 3. The number of rotatable bonds is 6. The molecule has 0 spiro atoms. The quantitative estimate of drug-likeness (QED) is 0.592. The molecule has 11 heteroatoms. The minimum atomic E-state index is -4.46. The highest BCUT2D eigenvalue weighted by molar-refractivity contribution is 5.77. The second-order valence-electron chi connectivity index (χ2n) is 3.78. The van der Waals surface area contributed by atoms with Gasteiger partial charge in [0.1, 0.15) is 18.8 Å². The van der Waals surface area contributed by atoms with Crippen LogP contribution in [-0.2, 0) is 22.7 Å². The van der Waals surface area contributed by atoms with Gasteiger partial charge in [0, 0.05) is 0 Å². The standard InChI is InChI=1S/C9H13F3N6O2/c10-9(11,12)5-15-8(20)4-18-3-6(16-17-18)2-14-7(19)1-13/h3H,1-2,4-5,13H2,(H,14,19)(H,15,20). The Bertz CT molecular complexity index is 472. The van der Waals surface area contributed by atoms with E-state index in [1.807, 2.05) is 0 Å². The van der Waals surface area contributed by atoms with Crippen molar-refractivity contribution in [3.63, 3.8) is 0 Å². The van der Waals surface area contributed by atoms with Crippen LogP contribution in [0.4, 0.5) is 13.2 Å². The van der Waals surface area contributed by atoms with Gasteiger partial charge in [-0.25, -0.2) is 4.68 Å². The molecule has 0 aromatic carbocycles. The smallest absolute Gasteiger partial charge is 0.349 e. The number of amides is 2. The number of nitrogens with two attached hydrogens (primary N) is 1. The lowest BCUT2D eigenvalue weighted by atomic mass is 10.4. The van der Waals surface area contributed by atoms with Crippen molar-refractivity contribution < 1.29 is 22.8 Å². The number of carbonyl (C=O) groups excluding carboxylic acids is 2. The van der Waals surface area contributed by atoms with Crippen molar-refractivity contribution in [2.45, 2.75) is 19.3 Å². The summed E-state index contributed by atoms with van der Waals surface area (Å²) in [6, 6.07) is 0. The van der Waals surface area contributed by atoms with Gasteiger partial charge in [0.05, 0.1) is 19.3 Å². The maximum absolute atomic E-state index is 11.9. The predicted molar refractivity (Wildman–Crippen MR) is 60.0 cm³/mol. The number of carbonyl (C=O) groups is 2. The molecule has 1 aromatic rings. The molecule has 0 atom stereocenters. The van der Waals surface area contributed by atoms with Gasteiger partial charge in [0.2, 0.25) is 11.8 Å². The highest BCUT2D eigenvalue weighted by Crippen LogP contribution is 2.11. The first-order chi connectivity index (χ1) is 9.30. The average Bonchev–Trinajstić information content (AvgIpc) is 2.80. The third kappa shape index (κ3) is 6.13. The van der Waals surface area contributed by atoms with Gasteiger partial charge in [-0.15, -0.1) is 5.10 Å². The fourth-order valence-corrected chi connectivity index (χ4v) is 1.16. The lowest BCUT2D eigenvalue weighted by Crippen LogP contribution is -2.35. The Balaban J connectivity index is 2.39. The third-order valence-corrected chi connectivity index (χ3v) is 2.03. The van der Waals surface area contributed by atoms with Gasteiger partial charge in [0.15, 0.2) is 0 Å². The Morgan fingerprint density at radius 1 is 1.30 bits per heavy atom. The largest absolute Gasteiger partial charge is 0.405 e. The van der Waals surface area contributed by atoms with E-state index in [9.17, 15) is 22.8 Å². The van der Waals surface area contributed by atoms with Gasteiger partial charge in [-0.3, -0.25) is 9.59 Å². The second kappa shape index (κ2) is 6.84. The molecule has 1 aromatic heterocycles. The lowest BCUT2D eigenvalue weighted by Gasteiger charge is -2.07. The summed E-state index contributed by atoms with van der Waals surface area (Å²) in [6.45, 7) is -1.90. The van der Waals surface area contributed by atoms with Gasteiger partial charge < -0.3 is 16.4 Å². The minimum absolute atomic E-state index is 0.0696. The summed E-state index contributed by atoms with van der Waals surface area (Å²) in [5.74, 6) is -1.23. The molecule has 2 amide bonds. The zero-order valence-electron chi connectivity index (χ0n) is 10.3. The van der Waals surface area contributed by atoms with Crippen LogP contribution in [0.25, 0.3) is 0 Å². The van der Waals surface area contributed by atoms with Crippen LogP contribution < -0.4 is 16.4 Å². The molecule has 0 radical (unpaired) electrons. The highest BCUT2D eigenvalue weighted by Gasteiger charge is 2.27. The fourth-order valence-electron chi connectivity index (χ4n) is 1.16. The van der Waals surface area contributed by atoms with E-state index in [1.54, 1.807) is 5.32 Å². The number of hydrogen-bond acceptors (Lipinski definition) is 5. The Labute approximate surface area is 111 Å². The van der Waals surface area contributed by atoms with E-state index in [-0.39, 0.29) is 19.0 Å². The van der Waals surface area contributed by atoms with Gasteiger partial charge in [-0.2, -0.15) is 13.2 Å². The van der Waals surface area contributed by atoms with E-state index < -0.39 is 25.2 Å². The van der Waals surface area contributed by atoms with Crippen molar-refractivity contribution >= 4 is 11.8 Å². The lowest BCUT2D eigenvalue weighted by molar-refractivity contribution is -0.138. The Morgan fingerprint density at radius 2 is 2.00 bits per heavy atom. The van der Waals surface area contributed by atoms with Crippen molar-refractivity contribution in [2.24, 2.45) is 5.73 Å². The van der Waals surface area contributed by atoms with E-state index in [0.29, 0.717) is 5.69 Å². The van der Waals surface area contributed by atoms with Crippen molar-refractivity contribution in [1.82, 2.24) is 25.6 Å². The minimum Gasteiger partial charge on any atom is -0.349 e. The monoisotopic (exact) mass is 294 g/mol. The summed E-state index contributed by atoms with van der Waals surface area (Å²) in [5.41, 5.74) is 5.43. The van der Waals surface area contributed by atoms with Crippen LogP contribution in [0.5, 0.6) is 0 Å². The fraction of sp³-hybridized carbons (Fsp3) is 0.556. The van der Waals surface area contributed by atoms with Gasteiger partial charge in [-0.05, 0) is 0 Å². The van der Waals surface area contributed by atoms with Gasteiger partial charge in [0.25, 0.3) is 0 Å². The molecule has 0 fully saturated rings. The first-order valence-electron chi connectivity index (χ1n) is 5.49. The number of alkyl halides is 3. The molecule has 0 saturated heterocycles. The Morgan fingerprint density at radius 3 is 2.60 bits per heavy atom. The summed E-state index contributed by atoms with van der Waals surface area (Å²) in [6.07, 6.45) is -3.13. The van der Waals surface area contributed by atoms with Crippen molar-refractivity contribution in [3.8, 4) is 0 Å². The third-order valence-electron chi connectivity index (χ3n) is 2.03. The summed E-state index contributed by atoms with van der Waals surface area (Å²) in [7, 11) is 0. The van der Waals surface area contributed by atoms with E-state index in [4.69, 9.17) is 5.73 Å². The zero-order chi connectivity index (χ0) is 15.2. The summed E-state index contributed by atoms with van der Waals surface area (Å²) in [5, 5.41) is 11.3. The number of nitrogens with zero attached hydrogens (tertiary/aromatic N) is 3. The number of halogens is 3. The molecule has 8 nitrogen and oxygen atoms in total. The molecule has 0 aliphatic heterocycles. The van der Waals surface area contributed by atoms with E-state index in [0.717, 1.165) is 4.68 Å². The number of hydrogen-bond donors (Lipinski definition) is 3. The highest BCUT2D eigenvalue weighted by atomic mass is 19.4. The van der Waals surface area contributed by atoms with E-state index in [2.05, 4.69) is 15.6 Å². The molecule has 112 valence electrons. The Kier molecular flexibility index (Phi) is 5.43. The topological polar surface area (TPSA) is 115 Å². The van der Waals surface area contributed by atoms with Crippen LogP contribution in [0.1, 0.15) is 5.69 Å². The molecule has 1 rings (SSSR count). The maximum Gasteiger partial charge on any atom is 0.405 e. The molecule has 4 N–H and O–H groups in total. The molecule has 20 heavy (non-hydrogen) atoms. The molecule has 0 saturated carbocycles. The summed E-state index contributed by atoms with van der Waals surface area (Å²) >= 11 is 0. The SMILES string of the molecule is NCC(=O)NCc1cn(CC(=O)NCC(F)(F)F)nn1. The molecule has 1 heterocycles. The van der Waals surface area contributed by atoms with Crippen LogP contribution >= 0.6 is 0 Å². The maximum atomic E-state index is 11.9. The molecule has 0 unspecified atom stereocenters. The molecule has 0 aliphatic carbocycles. The van der Waals surface area contributed by atoms with E-state index in [1.165, 1.54) is 6.20 Å². The summed E-state index contributed by atoms with van der Waals surface area (Å²) < 4.78 is 36.7. The molecule has 0 aliphatic rings. The van der Waals surface area contributed by atoms with Crippen LogP contribution in [-0.4, -0.2) is 46.1 Å². The first-order valence-corrected chi connectivity index (χ1v) is 5.49.